The Morgan fingerprint density at radius 2 is 2.11 bits per heavy atom. The monoisotopic (exact) mass is 263 g/mol. The summed E-state index contributed by atoms with van der Waals surface area (Å²) in [5.41, 5.74) is 0.791. The summed E-state index contributed by atoms with van der Waals surface area (Å²) >= 11 is 5.99. The Labute approximate surface area is 109 Å². The number of hydrogen-bond donors (Lipinski definition) is 1. The fraction of sp³-hybridized carbons (Fsp3) is 0.0769. The van der Waals surface area contributed by atoms with Crippen molar-refractivity contribution in [3.63, 3.8) is 0 Å². The van der Waals surface area contributed by atoms with Crippen LogP contribution in [0.15, 0.2) is 42.6 Å². The zero-order chi connectivity index (χ0) is 13.0. The van der Waals surface area contributed by atoms with Crippen LogP contribution in [-0.4, -0.2) is 16.1 Å². The molecule has 2 rings (SSSR count). The van der Waals surface area contributed by atoms with E-state index < -0.39 is 5.97 Å². The summed E-state index contributed by atoms with van der Waals surface area (Å²) in [6.45, 7) is 0.281. The molecule has 0 saturated heterocycles. The molecule has 0 fully saturated rings. The zero-order valence-corrected chi connectivity index (χ0v) is 10.1. The SMILES string of the molecule is O=C(O)c1cc(OCc2ccccc2Cl)ccn1. The average Bonchev–Trinajstić information content (AvgIpc) is 2.38. The van der Waals surface area contributed by atoms with Crippen LogP contribution in [-0.2, 0) is 6.61 Å². The third kappa shape index (κ3) is 2.99. The molecule has 0 atom stereocenters. The van der Waals surface area contributed by atoms with Crippen LogP contribution in [0.5, 0.6) is 5.75 Å². The summed E-state index contributed by atoms with van der Waals surface area (Å²) in [5, 5.41) is 9.42. The molecule has 0 amide bonds. The Morgan fingerprint density at radius 3 is 2.83 bits per heavy atom. The van der Waals surface area contributed by atoms with Crippen molar-refractivity contribution in [1.82, 2.24) is 4.98 Å². The van der Waals surface area contributed by atoms with E-state index in [1.165, 1.54) is 12.3 Å². The molecule has 0 aliphatic carbocycles. The number of nitrogens with zero attached hydrogens (tertiary/aromatic N) is 1. The van der Waals surface area contributed by atoms with Crippen molar-refractivity contribution in [2.24, 2.45) is 0 Å². The maximum atomic E-state index is 10.7. The van der Waals surface area contributed by atoms with Gasteiger partial charge in [0.25, 0.3) is 0 Å². The van der Waals surface area contributed by atoms with Crippen molar-refractivity contribution in [2.45, 2.75) is 6.61 Å². The van der Waals surface area contributed by atoms with E-state index in [0.29, 0.717) is 10.8 Å². The Hall–Kier alpha value is -2.07. The quantitative estimate of drug-likeness (QED) is 0.921. The molecule has 92 valence electrons. The van der Waals surface area contributed by atoms with Crippen LogP contribution in [0.2, 0.25) is 5.02 Å². The minimum absolute atomic E-state index is 0.0494. The highest BCUT2D eigenvalue weighted by atomic mass is 35.5. The van der Waals surface area contributed by atoms with Gasteiger partial charge in [0.2, 0.25) is 0 Å². The Morgan fingerprint density at radius 1 is 1.33 bits per heavy atom. The summed E-state index contributed by atoms with van der Waals surface area (Å²) in [6, 6.07) is 10.3. The third-order valence-electron chi connectivity index (χ3n) is 2.30. The van der Waals surface area contributed by atoms with Crippen LogP contribution in [0.1, 0.15) is 16.1 Å². The lowest BCUT2D eigenvalue weighted by molar-refractivity contribution is 0.0690. The van der Waals surface area contributed by atoms with Crippen molar-refractivity contribution in [3.8, 4) is 5.75 Å². The summed E-state index contributed by atoms with van der Waals surface area (Å²) in [4.78, 5) is 14.4. The van der Waals surface area contributed by atoms with Gasteiger partial charge < -0.3 is 9.84 Å². The Balaban J connectivity index is 2.09. The standard InChI is InChI=1S/C13H10ClNO3/c14-11-4-2-1-3-9(11)8-18-10-5-6-15-12(7-10)13(16)17/h1-7H,8H2,(H,16,17). The van der Waals surface area contributed by atoms with Crippen LogP contribution in [0, 0.1) is 0 Å². The second kappa shape index (κ2) is 5.51. The van der Waals surface area contributed by atoms with Gasteiger partial charge in [0.05, 0.1) is 0 Å². The lowest BCUT2D eigenvalue weighted by Crippen LogP contribution is -2.01. The molecule has 0 unspecified atom stereocenters. The van der Waals surface area contributed by atoms with E-state index in [9.17, 15) is 4.79 Å². The van der Waals surface area contributed by atoms with E-state index in [2.05, 4.69) is 4.98 Å². The first kappa shape index (κ1) is 12.4. The smallest absolute Gasteiger partial charge is 0.354 e. The number of rotatable bonds is 4. The molecule has 4 nitrogen and oxygen atoms in total. The van der Waals surface area contributed by atoms with Gasteiger partial charge >= 0.3 is 5.97 Å². The van der Waals surface area contributed by atoms with Crippen LogP contribution in [0.3, 0.4) is 0 Å². The number of carboxylic acids is 1. The molecule has 0 bridgehead atoms. The van der Waals surface area contributed by atoms with E-state index in [1.807, 2.05) is 18.2 Å². The van der Waals surface area contributed by atoms with E-state index in [0.717, 1.165) is 5.56 Å². The van der Waals surface area contributed by atoms with E-state index in [-0.39, 0.29) is 12.3 Å². The fourth-order valence-corrected chi connectivity index (χ4v) is 1.58. The number of aromatic nitrogens is 1. The van der Waals surface area contributed by atoms with Gasteiger partial charge in [-0.25, -0.2) is 9.78 Å². The minimum atomic E-state index is -1.09. The molecule has 0 radical (unpaired) electrons. The highest BCUT2D eigenvalue weighted by molar-refractivity contribution is 6.31. The number of carbonyl (C=O) groups is 1. The van der Waals surface area contributed by atoms with Gasteiger partial charge in [-0.1, -0.05) is 29.8 Å². The number of ether oxygens (including phenoxy) is 1. The van der Waals surface area contributed by atoms with E-state index in [1.54, 1.807) is 12.1 Å². The number of hydrogen-bond acceptors (Lipinski definition) is 3. The molecule has 18 heavy (non-hydrogen) atoms. The van der Waals surface area contributed by atoms with E-state index in [4.69, 9.17) is 21.4 Å². The normalized spacial score (nSPS) is 10.1. The van der Waals surface area contributed by atoms with Crippen molar-refractivity contribution >= 4 is 17.6 Å². The lowest BCUT2D eigenvalue weighted by atomic mass is 10.2. The van der Waals surface area contributed by atoms with E-state index >= 15 is 0 Å². The molecule has 0 aliphatic rings. The first-order valence-corrected chi connectivity index (χ1v) is 5.60. The van der Waals surface area contributed by atoms with Gasteiger partial charge in [-0.2, -0.15) is 0 Å². The van der Waals surface area contributed by atoms with Gasteiger partial charge in [0.15, 0.2) is 5.69 Å². The van der Waals surface area contributed by atoms with Crippen LogP contribution in [0.25, 0.3) is 0 Å². The van der Waals surface area contributed by atoms with Gasteiger partial charge in [0, 0.05) is 22.8 Å². The van der Waals surface area contributed by atoms with Crippen molar-refractivity contribution < 1.29 is 14.6 Å². The molecule has 1 aromatic carbocycles. The van der Waals surface area contributed by atoms with Gasteiger partial charge in [0.1, 0.15) is 12.4 Å². The Bertz CT molecular complexity index is 572. The maximum absolute atomic E-state index is 10.7. The lowest BCUT2D eigenvalue weighted by Gasteiger charge is -2.07. The van der Waals surface area contributed by atoms with Gasteiger partial charge in [-0.05, 0) is 12.1 Å². The second-order valence-electron chi connectivity index (χ2n) is 3.56. The molecule has 0 saturated carbocycles. The molecular formula is C13H10ClNO3. The predicted molar refractivity (Wildman–Crippen MR) is 67.0 cm³/mol. The first-order chi connectivity index (χ1) is 8.66. The minimum Gasteiger partial charge on any atom is -0.489 e. The average molecular weight is 264 g/mol. The highest BCUT2D eigenvalue weighted by Gasteiger charge is 2.06. The highest BCUT2D eigenvalue weighted by Crippen LogP contribution is 2.18. The summed E-state index contributed by atoms with van der Waals surface area (Å²) in [6.07, 6.45) is 1.39. The molecule has 0 spiro atoms. The molecule has 0 aliphatic heterocycles. The fourth-order valence-electron chi connectivity index (χ4n) is 1.39. The summed E-state index contributed by atoms with van der Waals surface area (Å²) < 4.78 is 5.48. The third-order valence-corrected chi connectivity index (χ3v) is 2.67. The molecule has 2 aromatic rings. The maximum Gasteiger partial charge on any atom is 0.354 e. The Kier molecular flexibility index (Phi) is 3.79. The van der Waals surface area contributed by atoms with Gasteiger partial charge in [-0.3, -0.25) is 0 Å². The first-order valence-electron chi connectivity index (χ1n) is 5.22. The summed E-state index contributed by atoms with van der Waals surface area (Å²) in [5.74, 6) is -0.638. The number of carboxylic acid groups (broad SMARTS) is 1. The van der Waals surface area contributed by atoms with Crippen LogP contribution in [0.4, 0.5) is 0 Å². The molecule has 1 N–H and O–H groups in total. The topological polar surface area (TPSA) is 59.4 Å². The largest absolute Gasteiger partial charge is 0.489 e. The number of benzene rings is 1. The number of aromatic carboxylic acids is 1. The number of pyridine rings is 1. The van der Waals surface area contributed by atoms with Crippen LogP contribution < -0.4 is 4.74 Å². The number of halogens is 1. The van der Waals surface area contributed by atoms with Crippen molar-refractivity contribution in [1.29, 1.82) is 0 Å². The molecule has 1 heterocycles. The molecule has 5 heteroatoms. The van der Waals surface area contributed by atoms with Crippen LogP contribution >= 0.6 is 11.6 Å². The van der Waals surface area contributed by atoms with Crippen molar-refractivity contribution in [2.75, 3.05) is 0 Å². The second-order valence-corrected chi connectivity index (χ2v) is 3.97. The summed E-state index contributed by atoms with van der Waals surface area (Å²) in [7, 11) is 0. The van der Waals surface area contributed by atoms with Gasteiger partial charge in [-0.15, -0.1) is 0 Å². The molecular weight excluding hydrogens is 254 g/mol. The van der Waals surface area contributed by atoms with Crippen molar-refractivity contribution in [3.05, 3.63) is 58.9 Å². The zero-order valence-electron chi connectivity index (χ0n) is 9.34. The molecule has 1 aromatic heterocycles. The predicted octanol–water partition coefficient (Wildman–Crippen LogP) is 3.01.